The minimum atomic E-state index is 0.518. The zero-order valence-corrected chi connectivity index (χ0v) is 9.94. The van der Waals surface area contributed by atoms with Crippen LogP contribution in [-0.2, 0) is 0 Å². The number of fused-ring (bicyclic) bond motifs is 1. The summed E-state index contributed by atoms with van der Waals surface area (Å²) in [7, 11) is 0. The fraction of sp³-hybridized carbons (Fsp3) is 0.462. The normalized spacial score (nSPS) is 11.9. The number of hydrogen-bond acceptors (Lipinski definition) is 0. The van der Waals surface area contributed by atoms with Gasteiger partial charge < -0.3 is 0 Å². The van der Waals surface area contributed by atoms with E-state index in [0.717, 1.165) is 0 Å². The number of pyridine rings is 1. The van der Waals surface area contributed by atoms with Crippen LogP contribution < -0.4 is 4.57 Å². The first kappa shape index (κ1) is 10.2. The third kappa shape index (κ3) is 1.76. The van der Waals surface area contributed by atoms with Gasteiger partial charge in [0.1, 0.15) is 11.9 Å². The van der Waals surface area contributed by atoms with Gasteiger partial charge in [0.2, 0.25) is 6.33 Å². The molecule has 0 bridgehead atoms. The lowest BCUT2D eigenvalue weighted by atomic mass is 10.1. The summed E-state index contributed by atoms with van der Waals surface area (Å²) >= 11 is 0. The summed E-state index contributed by atoms with van der Waals surface area (Å²) in [5.41, 5.74) is 2.64. The lowest BCUT2D eigenvalue weighted by Crippen LogP contribution is -2.33. The molecule has 2 rings (SSSR count). The molecule has 2 heterocycles. The van der Waals surface area contributed by atoms with E-state index in [-0.39, 0.29) is 0 Å². The third-order valence-corrected chi connectivity index (χ3v) is 2.81. The summed E-state index contributed by atoms with van der Waals surface area (Å²) in [4.78, 5) is 0. The van der Waals surface area contributed by atoms with Gasteiger partial charge in [0.05, 0.1) is 6.04 Å². The second kappa shape index (κ2) is 3.69. The van der Waals surface area contributed by atoms with Crippen molar-refractivity contribution in [1.82, 2.24) is 4.40 Å². The average Bonchev–Trinajstić information content (AvgIpc) is 2.60. The van der Waals surface area contributed by atoms with Crippen LogP contribution in [0.1, 0.15) is 45.3 Å². The molecule has 0 N–H and O–H groups in total. The molecule has 80 valence electrons. The molecular weight excluding hydrogens is 184 g/mol. The zero-order valence-electron chi connectivity index (χ0n) is 9.94. The van der Waals surface area contributed by atoms with Crippen molar-refractivity contribution in [1.29, 1.82) is 0 Å². The van der Waals surface area contributed by atoms with Crippen LogP contribution in [0.4, 0.5) is 0 Å². The Morgan fingerprint density at radius 1 is 1.13 bits per heavy atom. The van der Waals surface area contributed by atoms with Gasteiger partial charge >= 0.3 is 0 Å². The molecule has 2 heteroatoms. The first-order valence-electron chi connectivity index (χ1n) is 5.61. The Hall–Kier alpha value is -1.31. The fourth-order valence-corrected chi connectivity index (χ4v) is 1.87. The second-order valence-electron chi connectivity index (χ2n) is 4.69. The quantitative estimate of drug-likeness (QED) is 0.663. The van der Waals surface area contributed by atoms with Gasteiger partial charge in [-0.05, 0) is 26.0 Å². The molecule has 0 saturated heterocycles. The third-order valence-electron chi connectivity index (χ3n) is 2.81. The van der Waals surface area contributed by atoms with Gasteiger partial charge in [-0.15, -0.1) is 0 Å². The highest BCUT2D eigenvalue weighted by Gasteiger charge is 2.14. The van der Waals surface area contributed by atoms with E-state index < -0.39 is 0 Å². The first-order valence-corrected chi connectivity index (χ1v) is 5.61. The molecule has 0 aliphatic heterocycles. The van der Waals surface area contributed by atoms with E-state index in [1.165, 1.54) is 11.2 Å². The number of nitrogens with zero attached hydrogens (tertiary/aromatic N) is 2. The Morgan fingerprint density at radius 2 is 1.87 bits per heavy atom. The highest BCUT2D eigenvalue weighted by atomic mass is 15.1. The van der Waals surface area contributed by atoms with Crippen molar-refractivity contribution < 1.29 is 4.57 Å². The van der Waals surface area contributed by atoms with Crippen LogP contribution in [-0.4, -0.2) is 4.40 Å². The minimum absolute atomic E-state index is 0.518. The Labute approximate surface area is 91.2 Å². The van der Waals surface area contributed by atoms with Gasteiger partial charge in [-0.25, -0.2) is 4.57 Å². The molecule has 0 aliphatic rings. The van der Waals surface area contributed by atoms with E-state index in [1.54, 1.807) is 0 Å². The fourth-order valence-electron chi connectivity index (χ4n) is 1.87. The molecule has 0 aromatic carbocycles. The summed E-state index contributed by atoms with van der Waals surface area (Å²) in [5.74, 6) is 0.557. The van der Waals surface area contributed by atoms with Crippen molar-refractivity contribution in [2.75, 3.05) is 0 Å². The first-order chi connectivity index (χ1) is 7.09. The monoisotopic (exact) mass is 203 g/mol. The second-order valence-corrected chi connectivity index (χ2v) is 4.69. The molecule has 0 aliphatic carbocycles. The van der Waals surface area contributed by atoms with Crippen molar-refractivity contribution in [3.63, 3.8) is 0 Å². The molecule has 0 fully saturated rings. The Balaban J connectivity index is 2.64. The lowest BCUT2D eigenvalue weighted by molar-refractivity contribution is -0.714. The highest BCUT2D eigenvalue weighted by molar-refractivity contribution is 5.44. The van der Waals surface area contributed by atoms with Gasteiger partial charge in [-0.2, -0.15) is 4.40 Å². The van der Waals surface area contributed by atoms with E-state index in [2.05, 4.69) is 67.4 Å². The van der Waals surface area contributed by atoms with E-state index in [4.69, 9.17) is 0 Å². The van der Waals surface area contributed by atoms with Crippen LogP contribution in [0, 0.1) is 0 Å². The van der Waals surface area contributed by atoms with Crippen LogP contribution in [0.15, 0.2) is 30.7 Å². The molecule has 15 heavy (non-hydrogen) atoms. The molecule has 0 radical (unpaired) electrons. The molecule has 2 aromatic rings. The molecule has 2 nitrogen and oxygen atoms in total. The molecule has 0 atom stereocenters. The van der Waals surface area contributed by atoms with Crippen molar-refractivity contribution in [3.05, 3.63) is 36.4 Å². The summed E-state index contributed by atoms with van der Waals surface area (Å²) in [6.07, 6.45) is 4.39. The van der Waals surface area contributed by atoms with Crippen LogP contribution in [0.5, 0.6) is 0 Å². The maximum absolute atomic E-state index is 2.28. The predicted octanol–water partition coefficient (Wildman–Crippen LogP) is 2.93. The van der Waals surface area contributed by atoms with Crippen LogP contribution in [0.25, 0.3) is 5.52 Å². The molecule has 0 unspecified atom stereocenters. The van der Waals surface area contributed by atoms with Crippen LogP contribution in [0.2, 0.25) is 0 Å². The highest BCUT2D eigenvalue weighted by Crippen LogP contribution is 2.15. The van der Waals surface area contributed by atoms with Crippen molar-refractivity contribution in [2.45, 2.75) is 39.7 Å². The summed E-state index contributed by atoms with van der Waals surface area (Å²) in [6.45, 7) is 8.87. The molecule has 2 aromatic heterocycles. The van der Waals surface area contributed by atoms with Crippen LogP contribution in [0.3, 0.4) is 0 Å². The summed E-state index contributed by atoms with van der Waals surface area (Å²) < 4.78 is 4.53. The topological polar surface area (TPSA) is 8.29 Å². The zero-order chi connectivity index (χ0) is 11.0. The molecular formula is C13H19N2+. The largest absolute Gasteiger partial charge is 0.249 e. The van der Waals surface area contributed by atoms with Gasteiger partial charge in [0.15, 0.2) is 5.52 Å². The maximum Gasteiger partial charge on any atom is 0.249 e. The van der Waals surface area contributed by atoms with Crippen molar-refractivity contribution >= 4 is 5.52 Å². The Kier molecular flexibility index (Phi) is 2.51. The molecule has 0 saturated carbocycles. The minimum Gasteiger partial charge on any atom is -0.234 e. The standard InChI is InChI=1S/C13H19N2/c1-10(2)13-7-5-6-12-8-14(11(3)4)9-15(12)13/h5-11H,1-4H3/q+1. The van der Waals surface area contributed by atoms with E-state index in [1.807, 2.05) is 0 Å². The van der Waals surface area contributed by atoms with Gasteiger partial charge in [-0.3, -0.25) is 0 Å². The predicted molar refractivity (Wildman–Crippen MR) is 62.1 cm³/mol. The van der Waals surface area contributed by atoms with Crippen molar-refractivity contribution in [3.8, 4) is 0 Å². The van der Waals surface area contributed by atoms with Crippen LogP contribution >= 0.6 is 0 Å². The van der Waals surface area contributed by atoms with Crippen molar-refractivity contribution in [2.24, 2.45) is 0 Å². The maximum atomic E-state index is 2.28. The van der Waals surface area contributed by atoms with Gasteiger partial charge in [0, 0.05) is 5.92 Å². The van der Waals surface area contributed by atoms with Gasteiger partial charge in [0.25, 0.3) is 0 Å². The number of aromatic nitrogens is 2. The molecule has 0 amide bonds. The summed E-state index contributed by atoms with van der Waals surface area (Å²) in [5, 5.41) is 0. The lowest BCUT2D eigenvalue weighted by Gasteiger charge is -2.02. The number of rotatable bonds is 2. The Bertz CT molecular complexity index is 466. The van der Waals surface area contributed by atoms with E-state index >= 15 is 0 Å². The smallest absolute Gasteiger partial charge is 0.234 e. The number of hydrogen-bond donors (Lipinski definition) is 0. The Morgan fingerprint density at radius 3 is 2.47 bits per heavy atom. The SMILES string of the molecule is CC(C)c1cccc2c[n+](C(C)C)cn12. The van der Waals surface area contributed by atoms with E-state index in [0.29, 0.717) is 12.0 Å². The number of imidazole rings is 1. The van der Waals surface area contributed by atoms with Gasteiger partial charge in [-0.1, -0.05) is 19.9 Å². The van der Waals surface area contributed by atoms with E-state index in [9.17, 15) is 0 Å². The average molecular weight is 203 g/mol. The summed E-state index contributed by atoms with van der Waals surface area (Å²) in [6, 6.07) is 7.01. The molecule has 0 spiro atoms.